The van der Waals surface area contributed by atoms with Crippen LogP contribution in [0.3, 0.4) is 0 Å². The minimum Gasteiger partial charge on any atom is -0.325 e. The molecule has 0 aromatic heterocycles. The van der Waals surface area contributed by atoms with Gasteiger partial charge in [-0.25, -0.2) is 0 Å². The fourth-order valence-electron chi connectivity index (χ4n) is 4.64. The van der Waals surface area contributed by atoms with E-state index in [0.717, 1.165) is 22.3 Å². The average molecular weight is 497 g/mol. The molecule has 5 aromatic carbocycles. The van der Waals surface area contributed by atoms with Crippen molar-refractivity contribution in [1.29, 1.82) is 0 Å². The molecule has 4 heteroatoms. The number of amides is 2. The molecule has 0 heterocycles. The maximum Gasteiger partial charge on any atom is 0.236 e. The van der Waals surface area contributed by atoms with Gasteiger partial charge in [-0.05, 0) is 46.5 Å². The Balaban J connectivity index is 1.32. The lowest BCUT2D eigenvalue weighted by Gasteiger charge is -2.19. The molecular formula is C34H28N2O2. The minimum absolute atomic E-state index is 0.118. The monoisotopic (exact) mass is 496 g/mol. The molecule has 2 N–H and O–H groups in total. The van der Waals surface area contributed by atoms with Crippen molar-refractivity contribution in [2.45, 2.75) is 11.8 Å². The summed E-state index contributed by atoms with van der Waals surface area (Å²) in [6, 6.07) is 46.2. The average Bonchev–Trinajstić information content (AvgIpc) is 2.97. The Hall–Kier alpha value is -4.96. The van der Waals surface area contributed by atoms with Gasteiger partial charge in [-0.1, -0.05) is 121 Å². The van der Waals surface area contributed by atoms with Gasteiger partial charge < -0.3 is 10.6 Å². The lowest BCUT2D eigenvalue weighted by atomic mass is 9.90. The standard InChI is InChI=1S/C34H28N2O2/c37-33(31(25-13-5-1-6-14-25)26-15-7-2-8-16-26)35-29-21-23-30(24-22-29)36-34(38)32(27-17-9-3-10-18-27)28-19-11-4-12-20-28/h1-24,31-32H,(H,35,37)(H,36,38). The molecule has 4 nitrogen and oxygen atoms in total. The van der Waals surface area contributed by atoms with E-state index < -0.39 is 11.8 Å². The van der Waals surface area contributed by atoms with Crippen LogP contribution in [0.25, 0.3) is 0 Å². The summed E-state index contributed by atoms with van der Waals surface area (Å²) in [6.07, 6.45) is 0. The van der Waals surface area contributed by atoms with Gasteiger partial charge in [0.2, 0.25) is 11.8 Å². The molecule has 0 unspecified atom stereocenters. The quantitative estimate of drug-likeness (QED) is 0.238. The molecule has 5 rings (SSSR count). The van der Waals surface area contributed by atoms with Crippen LogP contribution in [0.1, 0.15) is 34.1 Å². The predicted molar refractivity (Wildman–Crippen MR) is 153 cm³/mol. The van der Waals surface area contributed by atoms with Gasteiger partial charge in [0.15, 0.2) is 0 Å². The minimum atomic E-state index is -0.436. The smallest absolute Gasteiger partial charge is 0.236 e. The highest BCUT2D eigenvalue weighted by Crippen LogP contribution is 2.28. The zero-order valence-corrected chi connectivity index (χ0v) is 20.8. The molecule has 0 aliphatic heterocycles. The van der Waals surface area contributed by atoms with Gasteiger partial charge in [0, 0.05) is 11.4 Å². The summed E-state index contributed by atoms with van der Waals surface area (Å²) >= 11 is 0. The van der Waals surface area contributed by atoms with E-state index in [0.29, 0.717) is 11.4 Å². The lowest BCUT2D eigenvalue weighted by Crippen LogP contribution is -2.23. The molecule has 0 saturated carbocycles. The van der Waals surface area contributed by atoms with Crippen molar-refractivity contribution in [2.24, 2.45) is 0 Å². The number of carbonyl (C=O) groups excluding carboxylic acids is 2. The van der Waals surface area contributed by atoms with Gasteiger partial charge in [0.1, 0.15) is 0 Å². The van der Waals surface area contributed by atoms with E-state index in [1.165, 1.54) is 0 Å². The van der Waals surface area contributed by atoms with Crippen molar-refractivity contribution in [3.8, 4) is 0 Å². The summed E-state index contributed by atoms with van der Waals surface area (Å²) in [5.41, 5.74) is 5.02. The highest BCUT2D eigenvalue weighted by Gasteiger charge is 2.24. The first kappa shape index (κ1) is 24.7. The fraction of sp³-hybridized carbons (Fsp3) is 0.0588. The summed E-state index contributed by atoms with van der Waals surface area (Å²) in [4.78, 5) is 26.8. The number of hydrogen-bond donors (Lipinski definition) is 2. The molecule has 38 heavy (non-hydrogen) atoms. The Kier molecular flexibility index (Phi) is 7.71. The van der Waals surface area contributed by atoms with Crippen LogP contribution in [-0.2, 0) is 9.59 Å². The van der Waals surface area contributed by atoms with Gasteiger partial charge in [0.25, 0.3) is 0 Å². The SMILES string of the molecule is O=C(Nc1ccc(NC(=O)C(c2ccccc2)c2ccccc2)cc1)C(c1ccccc1)c1ccccc1. The third-order valence-electron chi connectivity index (χ3n) is 6.48. The molecule has 0 spiro atoms. The second-order valence-electron chi connectivity index (χ2n) is 9.06. The van der Waals surface area contributed by atoms with Gasteiger partial charge in [-0.3, -0.25) is 9.59 Å². The van der Waals surface area contributed by atoms with Crippen molar-refractivity contribution < 1.29 is 9.59 Å². The van der Waals surface area contributed by atoms with E-state index in [1.807, 2.05) is 121 Å². The number of nitrogens with one attached hydrogen (secondary N) is 2. The Labute approximate surface area is 223 Å². The topological polar surface area (TPSA) is 58.2 Å². The van der Waals surface area contributed by atoms with Crippen molar-refractivity contribution in [2.75, 3.05) is 10.6 Å². The van der Waals surface area contributed by atoms with Crippen molar-refractivity contribution in [1.82, 2.24) is 0 Å². The zero-order valence-electron chi connectivity index (χ0n) is 20.8. The summed E-state index contributed by atoms with van der Waals surface area (Å²) in [5, 5.41) is 6.08. The van der Waals surface area contributed by atoms with Crippen molar-refractivity contribution in [3.05, 3.63) is 168 Å². The largest absolute Gasteiger partial charge is 0.325 e. The summed E-state index contributed by atoms with van der Waals surface area (Å²) in [6.45, 7) is 0. The van der Waals surface area contributed by atoms with E-state index in [-0.39, 0.29) is 11.8 Å². The van der Waals surface area contributed by atoms with E-state index in [9.17, 15) is 9.59 Å². The molecule has 2 amide bonds. The summed E-state index contributed by atoms with van der Waals surface area (Å²) < 4.78 is 0. The van der Waals surface area contributed by atoms with Crippen LogP contribution in [0.15, 0.2) is 146 Å². The third-order valence-corrected chi connectivity index (χ3v) is 6.48. The van der Waals surface area contributed by atoms with Crippen LogP contribution in [0.5, 0.6) is 0 Å². The molecule has 0 aliphatic carbocycles. The Morgan fingerprint density at radius 1 is 0.368 bits per heavy atom. The van der Waals surface area contributed by atoms with Crippen molar-refractivity contribution >= 4 is 23.2 Å². The molecule has 0 radical (unpaired) electrons. The fourth-order valence-corrected chi connectivity index (χ4v) is 4.64. The van der Waals surface area contributed by atoms with E-state index >= 15 is 0 Å². The second kappa shape index (κ2) is 11.8. The molecule has 0 fully saturated rings. The molecule has 0 bridgehead atoms. The first-order valence-electron chi connectivity index (χ1n) is 12.6. The molecular weight excluding hydrogens is 468 g/mol. The van der Waals surface area contributed by atoms with Gasteiger partial charge in [0.05, 0.1) is 11.8 Å². The van der Waals surface area contributed by atoms with Crippen LogP contribution in [0.4, 0.5) is 11.4 Å². The molecule has 0 aliphatic rings. The Morgan fingerprint density at radius 2 is 0.605 bits per heavy atom. The maximum absolute atomic E-state index is 13.4. The Bertz CT molecular complexity index is 1280. The number of hydrogen-bond acceptors (Lipinski definition) is 2. The highest BCUT2D eigenvalue weighted by molar-refractivity contribution is 6.00. The first-order valence-corrected chi connectivity index (χ1v) is 12.6. The van der Waals surface area contributed by atoms with Crippen LogP contribution < -0.4 is 10.6 Å². The van der Waals surface area contributed by atoms with Gasteiger partial charge >= 0.3 is 0 Å². The number of anilines is 2. The van der Waals surface area contributed by atoms with Crippen LogP contribution in [0.2, 0.25) is 0 Å². The molecule has 5 aromatic rings. The van der Waals surface area contributed by atoms with Gasteiger partial charge in [-0.15, -0.1) is 0 Å². The molecule has 0 saturated heterocycles. The number of rotatable bonds is 8. The van der Waals surface area contributed by atoms with E-state index in [1.54, 1.807) is 24.3 Å². The summed E-state index contributed by atoms with van der Waals surface area (Å²) in [7, 11) is 0. The number of carbonyl (C=O) groups is 2. The Morgan fingerprint density at radius 3 is 0.842 bits per heavy atom. The normalized spacial score (nSPS) is 10.8. The predicted octanol–water partition coefficient (Wildman–Crippen LogP) is 7.23. The highest BCUT2D eigenvalue weighted by atomic mass is 16.2. The second-order valence-corrected chi connectivity index (χ2v) is 9.06. The van der Waals surface area contributed by atoms with E-state index in [2.05, 4.69) is 10.6 Å². The van der Waals surface area contributed by atoms with Crippen LogP contribution in [0, 0.1) is 0 Å². The van der Waals surface area contributed by atoms with Crippen LogP contribution in [-0.4, -0.2) is 11.8 Å². The lowest BCUT2D eigenvalue weighted by molar-refractivity contribution is -0.117. The van der Waals surface area contributed by atoms with E-state index in [4.69, 9.17) is 0 Å². The summed E-state index contributed by atoms with van der Waals surface area (Å²) in [5.74, 6) is -1.11. The first-order chi connectivity index (χ1) is 18.7. The van der Waals surface area contributed by atoms with Crippen molar-refractivity contribution in [3.63, 3.8) is 0 Å². The zero-order chi connectivity index (χ0) is 26.2. The van der Waals surface area contributed by atoms with Crippen LogP contribution >= 0.6 is 0 Å². The third kappa shape index (κ3) is 5.88. The molecule has 186 valence electrons. The maximum atomic E-state index is 13.4. The number of benzene rings is 5. The van der Waals surface area contributed by atoms with Gasteiger partial charge in [-0.2, -0.15) is 0 Å². The molecule has 0 atom stereocenters.